The van der Waals surface area contributed by atoms with Gasteiger partial charge in [-0.1, -0.05) is 59.7 Å². The van der Waals surface area contributed by atoms with Gasteiger partial charge in [0.15, 0.2) is 0 Å². The summed E-state index contributed by atoms with van der Waals surface area (Å²) in [7, 11) is 6.86. The van der Waals surface area contributed by atoms with E-state index in [0.29, 0.717) is 33.9 Å². The molecule has 1 saturated carbocycles. The maximum atomic E-state index is 15.6. The van der Waals surface area contributed by atoms with E-state index < -0.39 is 46.8 Å². The van der Waals surface area contributed by atoms with Crippen molar-refractivity contribution < 1.29 is 33.8 Å². The maximum absolute atomic E-state index is 15.6. The van der Waals surface area contributed by atoms with Crippen molar-refractivity contribution in [2.75, 3.05) is 43.5 Å². The average molecular weight is 831 g/mol. The molecule has 4 aliphatic rings. The number of hydrazine groups is 1. The summed E-state index contributed by atoms with van der Waals surface area (Å²) < 4.78 is 11.9. The second kappa shape index (κ2) is 15.6. The molecule has 2 N–H and O–H groups in total. The SMILES string of the molecule is COc1cc(O)cc(OC)c1[C@H]1C2=CC[C@@H]3C(=O)N(c4ccc(N=Nc5ccc(N(C)C)cc5)cc4)C(=O)[C@@H]3[C@@H]2C[C@H]2C(=O)N(Nc3ccc(C)cc3)C(=O)[C@@]12c1ccccc1. The zero-order valence-corrected chi connectivity index (χ0v) is 35.0. The number of allylic oxidation sites excluding steroid dienone is 2. The Balaban J connectivity index is 1.14. The van der Waals surface area contributed by atoms with Gasteiger partial charge in [-0.05, 0) is 91.9 Å². The molecule has 2 heterocycles. The lowest BCUT2D eigenvalue weighted by Crippen LogP contribution is -2.53. The lowest BCUT2D eigenvalue weighted by atomic mass is 9.49. The molecule has 3 fully saturated rings. The molecule has 0 aromatic heterocycles. The number of imide groups is 2. The van der Waals surface area contributed by atoms with Crippen molar-refractivity contribution in [1.82, 2.24) is 5.01 Å². The van der Waals surface area contributed by atoms with Gasteiger partial charge in [0.25, 0.3) is 11.8 Å². The minimum atomic E-state index is -1.56. The number of rotatable bonds is 10. The number of aryl methyl sites for hydroxylation is 1. The number of benzene rings is 5. The summed E-state index contributed by atoms with van der Waals surface area (Å²) in [5.41, 5.74) is 7.55. The number of nitrogens with one attached hydrogen (secondary N) is 1. The van der Waals surface area contributed by atoms with Gasteiger partial charge in [0.05, 0.1) is 60.1 Å². The van der Waals surface area contributed by atoms with Crippen LogP contribution in [0.15, 0.2) is 137 Å². The minimum absolute atomic E-state index is 0.111. The summed E-state index contributed by atoms with van der Waals surface area (Å²) in [4.78, 5) is 63.2. The molecule has 9 rings (SSSR count). The van der Waals surface area contributed by atoms with Crippen LogP contribution in [0.5, 0.6) is 17.2 Å². The molecule has 2 aliphatic heterocycles. The molecular weight excluding hydrogens is 785 g/mol. The third-order valence-corrected chi connectivity index (χ3v) is 13.0. The Morgan fingerprint density at radius 1 is 0.758 bits per heavy atom. The Morgan fingerprint density at radius 2 is 1.37 bits per heavy atom. The number of aromatic hydroxyl groups is 1. The van der Waals surface area contributed by atoms with Crippen LogP contribution in [0.3, 0.4) is 0 Å². The number of nitrogens with zero attached hydrogens (tertiary/aromatic N) is 5. The Labute approximate surface area is 359 Å². The standard InChI is InChI=1S/C49H46N6O7/c1-28-11-13-32(14-12-28)52-55-46(58)39-27-38-36(44(43-40(61-4)25-35(56)26-41(43)62-5)49(39,48(55)60)29-9-7-6-8-10-29)23-24-37-42(38)47(59)54(45(37)57)34-21-17-31(18-22-34)51-50-30-15-19-33(20-16-30)53(2)3/h6-23,25-26,37-39,42,44,52,56H,24,27H2,1-5H3/t37-,38+,39-,42-,44+,49+/m0/s1. The second-order valence-corrected chi connectivity index (χ2v) is 16.5. The number of azo groups is 1. The Kier molecular flexibility index (Phi) is 10.1. The molecule has 2 saturated heterocycles. The monoisotopic (exact) mass is 830 g/mol. The highest BCUT2D eigenvalue weighted by molar-refractivity contribution is 6.22. The van der Waals surface area contributed by atoms with Gasteiger partial charge in [0.2, 0.25) is 11.8 Å². The summed E-state index contributed by atoms with van der Waals surface area (Å²) in [6.07, 6.45) is 2.30. The van der Waals surface area contributed by atoms with Crippen molar-refractivity contribution in [1.29, 1.82) is 0 Å². The highest BCUT2D eigenvalue weighted by Crippen LogP contribution is 2.66. The number of fused-ring (bicyclic) bond motifs is 4. The number of hydrogen-bond donors (Lipinski definition) is 2. The number of carbonyl (C=O) groups is 4. The van der Waals surface area contributed by atoms with Gasteiger partial charge in [-0.25, -0.2) is 0 Å². The van der Waals surface area contributed by atoms with Crippen molar-refractivity contribution in [3.05, 3.63) is 144 Å². The van der Waals surface area contributed by atoms with E-state index in [1.165, 1.54) is 31.3 Å². The minimum Gasteiger partial charge on any atom is -0.508 e. The van der Waals surface area contributed by atoms with Gasteiger partial charge in [0.1, 0.15) is 17.2 Å². The van der Waals surface area contributed by atoms with E-state index in [1.807, 2.05) is 98.7 Å². The Morgan fingerprint density at radius 3 is 1.97 bits per heavy atom. The Hall–Kier alpha value is -7.28. The molecule has 5 aromatic rings. The van der Waals surface area contributed by atoms with E-state index in [4.69, 9.17) is 9.47 Å². The van der Waals surface area contributed by atoms with Crippen molar-refractivity contribution in [2.45, 2.75) is 31.1 Å². The van der Waals surface area contributed by atoms with Gasteiger partial charge in [0, 0.05) is 43.4 Å². The first kappa shape index (κ1) is 40.1. The van der Waals surface area contributed by atoms with Gasteiger partial charge >= 0.3 is 0 Å². The molecule has 6 atom stereocenters. The molecule has 62 heavy (non-hydrogen) atoms. The molecule has 0 bridgehead atoms. The van der Waals surface area contributed by atoms with Crippen LogP contribution >= 0.6 is 0 Å². The molecule has 2 aliphatic carbocycles. The van der Waals surface area contributed by atoms with Gasteiger partial charge in [-0.2, -0.15) is 15.2 Å². The number of methoxy groups -OCH3 is 2. The molecule has 5 aromatic carbocycles. The molecule has 0 unspecified atom stereocenters. The van der Waals surface area contributed by atoms with Crippen LogP contribution in [0.25, 0.3) is 0 Å². The fraction of sp³-hybridized carbons (Fsp3) is 0.265. The van der Waals surface area contributed by atoms with Crippen LogP contribution in [-0.2, 0) is 24.6 Å². The molecule has 4 amide bonds. The van der Waals surface area contributed by atoms with Gasteiger partial charge in [-0.3, -0.25) is 29.5 Å². The molecular formula is C49H46N6O7. The van der Waals surface area contributed by atoms with Crippen molar-refractivity contribution in [3.63, 3.8) is 0 Å². The second-order valence-electron chi connectivity index (χ2n) is 16.5. The fourth-order valence-electron chi connectivity index (χ4n) is 10.1. The highest BCUT2D eigenvalue weighted by Gasteiger charge is 2.71. The Bertz CT molecular complexity index is 2620. The molecule has 0 spiro atoms. The third-order valence-electron chi connectivity index (χ3n) is 13.0. The topological polar surface area (TPSA) is 153 Å². The molecule has 0 radical (unpaired) electrons. The number of phenols is 1. The zero-order chi connectivity index (χ0) is 43.4. The van der Waals surface area contributed by atoms with Crippen LogP contribution < -0.4 is 24.7 Å². The van der Waals surface area contributed by atoms with Crippen LogP contribution in [0.2, 0.25) is 0 Å². The summed E-state index contributed by atoms with van der Waals surface area (Å²) in [6, 6.07) is 34.0. The smallest absolute Gasteiger partial charge is 0.260 e. The fourth-order valence-corrected chi connectivity index (χ4v) is 10.1. The highest BCUT2D eigenvalue weighted by atomic mass is 16.5. The number of carbonyl (C=O) groups excluding carboxylic acids is 4. The van der Waals surface area contributed by atoms with E-state index in [0.717, 1.165) is 21.8 Å². The summed E-state index contributed by atoms with van der Waals surface area (Å²) in [5.74, 6) is -5.39. The van der Waals surface area contributed by atoms with Crippen LogP contribution in [0, 0.1) is 30.6 Å². The number of amides is 4. The number of ether oxygens (including phenoxy) is 2. The van der Waals surface area contributed by atoms with Crippen molar-refractivity contribution >= 4 is 52.1 Å². The number of hydrogen-bond acceptors (Lipinski definition) is 11. The van der Waals surface area contributed by atoms with E-state index in [-0.39, 0.29) is 41.9 Å². The third kappa shape index (κ3) is 6.38. The molecule has 314 valence electrons. The summed E-state index contributed by atoms with van der Waals surface area (Å²) >= 11 is 0. The van der Waals surface area contributed by atoms with E-state index in [9.17, 15) is 14.7 Å². The predicted octanol–water partition coefficient (Wildman–Crippen LogP) is 8.39. The van der Waals surface area contributed by atoms with E-state index in [1.54, 1.807) is 36.4 Å². The van der Waals surface area contributed by atoms with Crippen molar-refractivity contribution in [2.24, 2.45) is 33.9 Å². The van der Waals surface area contributed by atoms with Crippen LogP contribution in [-0.4, -0.2) is 62.1 Å². The van der Waals surface area contributed by atoms with Crippen LogP contribution in [0.1, 0.15) is 35.4 Å². The van der Waals surface area contributed by atoms with E-state index >= 15 is 9.59 Å². The predicted molar refractivity (Wildman–Crippen MR) is 234 cm³/mol. The summed E-state index contributed by atoms with van der Waals surface area (Å²) in [6.45, 7) is 1.95. The van der Waals surface area contributed by atoms with Gasteiger partial charge < -0.3 is 19.5 Å². The lowest BCUT2D eigenvalue weighted by molar-refractivity contribution is -0.138. The maximum Gasteiger partial charge on any atom is 0.260 e. The summed E-state index contributed by atoms with van der Waals surface area (Å²) in [5, 5.41) is 20.7. The lowest BCUT2D eigenvalue weighted by Gasteiger charge is -2.51. The largest absolute Gasteiger partial charge is 0.508 e. The van der Waals surface area contributed by atoms with Crippen LogP contribution in [0.4, 0.5) is 28.4 Å². The number of phenolic OH excluding ortho intramolecular Hbond substituents is 1. The van der Waals surface area contributed by atoms with Gasteiger partial charge in [-0.15, -0.1) is 0 Å². The first-order valence-corrected chi connectivity index (χ1v) is 20.5. The molecule has 13 nitrogen and oxygen atoms in total. The van der Waals surface area contributed by atoms with E-state index in [2.05, 4.69) is 15.7 Å². The normalized spacial score (nSPS) is 24.1. The zero-order valence-electron chi connectivity index (χ0n) is 35.0. The average Bonchev–Trinajstić information content (AvgIpc) is 3.67. The van der Waals surface area contributed by atoms with Crippen molar-refractivity contribution in [3.8, 4) is 17.2 Å². The first-order chi connectivity index (χ1) is 30.0. The first-order valence-electron chi connectivity index (χ1n) is 20.5. The molecule has 13 heteroatoms. The number of anilines is 3. The quantitative estimate of drug-likeness (QED) is 0.0803.